The van der Waals surface area contributed by atoms with E-state index < -0.39 is 0 Å². The minimum absolute atomic E-state index is 0.589. The van der Waals surface area contributed by atoms with Crippen LogP contribution >= 0.6 is 0 Å². The number of aromatic nitrogens is 2. The first kappa shape index (κ1) is 14.0. The molecule has 0 amide bonds. The van der Waals surface area contributed by atoms with Crippen LogP contribution in [-0.4, -0.2) is 29.1 Å². The minimum Gasteiger partial charge on any atom is -0.341 e. The summed E-state index contributed by atoms with van der Waals surface area (Å²) in [6, 6.07) is 11.2. The van der Waals surface area contributed by atoms with Crippen LogP contribution in [-0.2, 0) is 6.54 Å². The van der Waals surface area contributed by atoms with E-state index in [9.17, 15) is 0 Å². The zero-order chi connectivity index (χ0) is 14.5. The zero-order valence-corrected chi connectivity index (χ0v) is 12.5. The molecule has 1 N–H and O–H groups in total. The van der Waals surface area contributed by atoms with Gasteiger partial charge in [-0.3, -0.25) is 0 Å². The lowest BCUT2D eigenvalue weighted by atomic mass is 10.0. The Labute approximate surface area is 126 Å². The van der Waals surface area contributed by atoms with Gasteiger partial charge in [-0.15, -0.1) is 0 Å². The van der Waals surface area contributed by atoms with Crippen molar-refractivity contribution in [2.45, 2.75) is 32.4 Å². The maximum atomic E-state index is 4.32. The average Bonchev–Trinajstić information content (AvgIpc) is 2.56. The third-order valence-corrected chi connectivity index (χ3v) is 4.05. The van der Waals surface area contributed by atoms with Crippen molar-refractivity contribution in [2.24, 2.45) is 0 Å². The number of benzene rings is 1. The highest BCUT2D eigenvalue weighted by atomic mass is 15.3. The molecular formula is C17H22N4. The molecule has 0 bridgehead atoms. The Bertz CT molecular complexity index is 545. The van der Waals surface area contributed by atoms with Crippen molar-refractivity contribution in [2.75, 3.05) is 18.0 Å². The number of rotatable bonds is 4. The Morgan fingerprint density at radius 2 is 1.76 bits per heavy atom. The molecule has 0 aliphatic carbocycles. The SMILES string of the molecule is Cc1ccc(CNC2CCN(c3ncccn3)CC2)cc1. The van der Waals surface area contributed by atoms with Crippen LogP contribution in [0.25, 0.3) is 0 Å². The average molecular weight is 282 g/mol. The summed E-state index contributed by atoms with van der Waals surface area (Å²) in [5.41, 5.74) is 2.67. The molecule has 0 unspecified atom stereocenters. The highest BCUT2D eigenvalue weighted by Gasteiger charge is 2.20. The highest BCUT2D eigenvalue weighted by Crippen LogP contribution is 2.15. The van der Waals surface area contributed by atoms with Crippen molar-refractivity contribution < 1.29 is 0 Å². The smallest absolute Gasteiger partial charge is 0.225 e. The van der Waals surface area contributed by atoms with E-state index in [2.05, 4.69) is 51.4 Å². The van der Waals surface area contributed by atoms with Crippen LogP contribution in [0.3, 0.4) is 0 Å². The minimum atomic E-state index is 0.589. The molecule has 1 aliphatic heterocycles. The lowest BCUT2D eigenvalue weighted by Crippen LogP contribution is -2.42. The summed E-state index contributed by atoms with van der Waals surface area (Å²) in [6.07, 6.45) is 5.91. The van der Waals surface area contributed by atoms with Gasteiger partial charge in [-0.25, -0.2) is 9.97 Å². The lowest BCUT2D eigenvalue weighted by Gasteiger charge is -2.32. The van der Waals surface area contributed by atoms with Gasteiger partial charge in [0.15, 0.2) is 0 Å². The van der Waals surface area contributed by atoms with E-state index in [1.54, 1.807) is 0 Å². The van der Waals surface area contributed by atoms with E-state index in [4.69, 9.17) is 0 Å². The van der Waals surface area contributed by atoms with Gasteiger partial charge in [-0.1, -0.05) is 29.8 Å². The number of anilines is 1. The van der Waals surface area contributed by atoms with Crippen LogP contribution in [0.5, 0.6) is 0 Å². The van der Waals surface area contributed by atoms with Crippen molar-refractivity contribution in [3.8, 4) is 0 Å². The van der Waals surface area contributed by atoms with E-state index in [0.29, 0.717) is 6.04 Å². The van der Waals surface area contributed by atoms with Gasteiger partial charge in [-0.05, 0) is 31.4 Å². The van der Waals surface area contributed by atoms with Crippen LogP contribution in [0.1, 0.15) is 24.0 Å². The van der Waals surface area contributed by atoms with Crippen molar-refractivity contribution >= 4 is 5.95 Å². The molecule has 0 atom stereocenters. The highest BCUT2D eigenvalue weighted by molar-refractivity contribution is 5.29. The van der Waals surface area contributed by atoms with E-state index in [0.717, 1.165) is 38.4 Å². The van der Waals surface area contributed by atoms with Crippen molar-refractivity contribution in [3.05, 3.63) is 53.9 Å². The van der Waals surface area contributed by atoms with Crippen LogP contribution < -0.4 is 10.2 Å². The van der Waals surface area contributed by atoms with Gasteiger partial charge in [0.2, 0.25) is 5.95 Å². The summed E-state index contributed by atoms with van der Waals surface area (Å²) in [6.45, 7) is 5.12. The van der Waals surface area contributed by atoms with Gasteiger partial charge in [0, 0.05) is 38.1 Å². The first-order chi connectivity index (χ1) is 10.3. The molecule has 1 aromatic carbocycles. The summed E-state index contributed by atoms with van der Waals surface area (Å²) in [4.78, 5) is 10.9. The Hall–Kier alpha value is -1.94. The summed E-state index contributed by atoms with van der Waals surface area (Å²) in [5, 5.41) is 3.66. The summed E-state index contributed by atoms with van der Waals surface area (Å²) in [7, 11) is 0. The van der Waals surface area contributed by atoms with Crippen LogP contribution in [0.2, 0.25) is 0 Å². The van der Waals surface area contributed by atoms with Crippen LogP contribution in [0.4, 0.5) is 5.95 Å². The number of nitrogens with zero attached hydrogens (tertiary/aromatic N) is 3. The van der Waals surface area contributed by atoms with Gasteiger partial charge in [0.05, 0.1) is 0 Å². The summed E-state index contributed by atoms with van der Waals surface area (Å²) < 4.78 is 0. The van der Waals surface area contributed by atoms with Crippen LogP contribution in [0.15, 0.2) is 42.7 Å². The standard InChI is InChI=1S/C17H22N4/c1-14-3-5-15(6-4-14)13-20-16-7-11-21(12-8-16)17-18-9-2-10-19-17/h2-6,9-10,16,20H,7-8,11-13H2,1H3. The second kappa shape index (κ2) is 6.68. The maximum absolute atomic E-state index is 4.32. The molecule has 1 fully saturated rings. The third-order valence-electron chi connectivity index (χ3n) is 4.05. The Morgan fingerprint density at radius 3 is 2.43 bits per heavy atom. The molecule has 21 heavy (non-hydrogen) atoms. The fraction of sp³-hybridized carbons (Fsp3) is 0.412. The predicted molar refractivity (Wildman–Crippen MR) is 85.3 cm³/mol. The van der Waals surface area contributed by atoms with E-state index in [1.165, 1.54) is 11.1 Å². The zero-order valence-electron chi connectivity index (χ0n) is 12.5. The second-order valence-electron chi connectivity index (χ2n) is 5.68. The topological polar surface area (TPSA) is 41.0 Å². The number of piperidine rings is 1. The number of nitrogens with one attached hydrogen (secondary N) is 1. The van der Waals surface area contributed by atoms with E-state index >= 15 is 0 Å². The number of aryl methyl sites for hydroxylation is 1. The molecular weight excluding hydrogens is 260 g/mol. The first-order valence-electron chi connectivity index (χ1n) is 7.62. The first-order valence-corrected chi connectivity index (χ1v) is 7.62. The fourth-order valence-corrected chi connectivity index (χ4v) is 2.71. The van der Waals surface area contributed by atoms with Crippen LogP contribution in [0, 0.1) is 6.92 Å². The third kappa shape index (κ3) is 3.79. The van der Waals surface area contributed by atoms with Gasteiger partial charge in [-0.2, -0.15) is 0 Å². The van der Waals surface area contributed by atoms with Crippen molar-refractivity contribution in [1.29, 1.82) is 0 Å². The molecule has 1 aliphatic rings. The van der Waals surface area contributed by atoms with Crippen molar-refractivity contribution in [1.82, 2.24) is 15.3 Å². The molecule has 0 spiro atoms. The molecule has 0 saturated carbocycles. The molecule has 3 rings (SSSR count). The van der Waals surface area contributed by atoms with E-state index in [1.807, 2.05) is 18.5 Å². The van der Waals surface area contributed by atoms with Gasteiger partial charge in [0.25, 0.3) is 0 Å². The molecule has 1 saturated heterocycles. The monoisotopic (exact) mass is 282 g/mol. The van der Waals surface area contributed by atoms with Gasteiger partial charge >= 0.3 is 0 Å². The Kier molecular flexibility index (Phi) is 4.46. The molecule has 4 heteroatoms. The quantitative estimate of drug-likeness (QED) is 0.935. The normalized spacial score (nSPS) is 16.1. The van der Waals surface area contributed by atoms with E-state index in [-0.39, 0.29) is 0 Å². The van der Waals surface area contributed by atoms with Gasteiger partial charge in [0.1, 0.15) is 0 Å². The molecule has 2 heterocycles. The Morgan fingerprint density at radius 1 is 1.10 bits per heavy atom. The fourth-order valence-electron chi connectivity index (χ4n) is 2.71. The largest absolute Gasteiger partial charge is 0.341 e. The maximum Gasteiger partial charge on any atom is 0.225 e. The molecule has 2 aromatic rings. The summed E-state index contributed by atoms with van der Waals surface area (Å²) in [5.74, 6) is 0.856. The predicted octanol–water partition coefficient (Wildman–Crippen LogP) is 2.54. The molecule has 1 aromatic heterocycles. The summed E-state index contributed by atoms with van der Waals surface area (Å²) >= 11 is 0. The number of hydrogen-bond donors (Lipinski definition) is 1. The second-order valence-corrected chi connectivity index (χ2v) is 5.68. The Balaban J connectivity index is 1.47. The van der Waals surface area contributed by atoms with Crippen molar-refractivity contribution in [3.63, 3.8) is 0 Å². The lowest BCUT2D eigenvalue weighted by molar-refractivity contribution is 0.411. The molecule has 110 valence electrons. The molecule has 4 nitrogen and oxygen atoms in total. The molecule has 0 radical (unpaired) electrons. The van der Waals surface area contributed by atoms with Gasteiger partial charge < -0.3 is 10.2 Å². The number of hydrogen-bond acceptors (Lipinski definition) is 4.